The Morgan fingerprint density at radius 2 is 2.10 bits per heavy atom. The second kappa shape index (κ2) is 6.06. The van der Waals surface area contributed by atoms with Gasteiger partial charge in [-0.15, -0.1) is 0 Å². The highest BCUT2D eigenvalue weighted by molar-refractivity contribution is 7.89. The van der Waals surface area contributed by atoms with Crippen LogP contribution in [0.15, 0.2) is 17.2 Å². The van der Waals surface area contributed by atoms with E-state index in [1.165, 1.54) is 21.1 Å². The molecule has 0 aliphatic carbocycles. The van der Waals surface area contributed by atoms with Crippen LogP contribution >= 0.6 is 0 Å². The van der Waals surface area contributed by atoms with Gasteiger partial charge < -0.3 is 14.8 Å². The average molecular weight is 304 g/mol. The summed E-state index contributed by atoms with van der Waals surface area (Å²) in [5, 5.41) is 8.75. The topological polar surface area (TPSA) is 117 Å². The minimum absolute atomic E-state index is 0.0669. The average Bonchev–Trinajstić information content (AvgIpc) is 2.87. The van der Waals surface area contributed by atoms with Crippen LogP contribution in [0.3, 0.4) is 0 Å². The molecule has 2 N–H and O–H groups in total. The fraction of sp³-hybridized carbons (Fsp3) is 0.455. The third kappa shape index (κ3) is 3.36. The van der Waals surface area contributed by atoms with Gasteiger partial charge in [0, 0.05) is 19.8 Å². The zero-order valence-electron chi connectivity index (χ0n) is 11.3. The van der Waals surface area contributed by atoms with Crippen LogP contribution in [0.4, 0.5) is 0 Å². The van der Waals surface area contributed by atoms with Gasteiger partial charge in [0.25, 0.3) is 0 Å². The fourth-order valence-electron chi connectivity index (χ4n) is 1.59. The zero-order valence-corrected chi connectivity index (χ0v) is 12.1. The van der Waals surface area contributed by atoms with Crippen molar-refractivity contribution in [1.29, 1.82) is 0 Å². The Balaban J connectivity index is 2.92. The van der Waals surface area contributed by atoms with Crippen molar-refractivity contribution in [2.24, 2.45) is 5.92 Å². The van der Waals surface area contributed by atoms with Gasteiger partial charge in [-0.25, -0.2) is 17.5 Å². The lowest BCUT2D eigenvalue weighted by atomic mass is 10.2. The molecule has 1 atom stereocenters. The van der Waals surface area contributed by atoms with Crippen molar-refractivity contribution in [3.63, 3.8) is 0 Å². The number of carbonyl (C=O) groups excluding carboxylic acids is 1. The van der Waals surface area contributed by atoms with Gasteiger partial charge in [-0.3, -0.25) is 4.79 Å². The number of aromatic carboxylic acids is 1. The highest BCUT2D eigenvalue weighted by Crippen LogP contribution is 2.17. The summed E-state index contributed by atoms with van der Waals surface area (Å²) in [6.07, 6.45) is 1.10. The van der Waals surface area contributed by atoms with E-state index in [0.29, 0.717) is 0 Å². The van der Waals surface area contributed by atoms with Crippen molar-refractivity contribution in [3.05, 3.63) is 18.0 Å². The van der Waals surface area contributed by atoms with Crippen LogP contribution in [0, 0.1) is 5.92 Å². The predicted molar refractivity (Wildman–Crippen MR) is 68.7 cm³/mol. The van der Waals surface area contributed by atoms with Crippen LogP contribution in [0.5, 0.6) is 0 Å². The molecule has 1 rings (SSSR count). The molecule has 0 aromatic carbocycles. The van der Waals surface area contributed by atoms with E-state index in [9.17, 15) is 18.0 Å². The van der Waals surface area contributed by atoms with E-state index in [2.05, 4.69) is 9.72 Å². The number of ether oxygens (including phenoxy) is 1. The summed E-state index contributed by atoms with van der Waals surface area (Å²) in [4.78, 5) is 24.2. The number of nitrogens with one attached hydrogen (secondary N) is 1. The van der Waals surface area contributed by atoms with Gasteiger partial charge in [-0.2, -0.15) is 0 Å². The van der Waals surface area contributed by atoms with Crippen LogP contribution in [-0.4, -0.2) is 55.5 Å². The van der Waals surface area contributed by atoms with Gasteiger partial charge in [0.15, 0.2) is 0 Å². The van der Waals surface area contributed by atoms with Crippen LogP contribution in [-0.2, 0) is 19.6 Å². The van der Waals surface area contributed by atoms with Gasteiger partial charge in [-0.1, -0.05) is 6.92 Å². The molecule has 0 saturated heterocycles. The minimum atomic E-state index is -3.86. The quantitative estimate of drug-likeness (QED) is 0.722. The lowest BCUT2D eigenvalue weighted by Crippen LogP contribution is -2.34. The lowest BCUT2D eigenvalue weighted by molar-refractivity contribution is -0.144. The van der Waals surface area contributed by atoms with E-state index < -0.39 is 27.9 Å². The van der Waals surface area contributed by atoms with Crippen molar-refractivity contribution in [1.82, 2.24) is 9.29 Å². The number of aromatic amines is 1. The predicted octanol–water partition coefficient (Wildman–Crippen LogP) is 0.142. The van der Waals surface area contributed by atoms with E-state index in [1.54, 1.807) is 0 Å². The van der Waals surface area contributed by atoms with E-state index in [0.717, 1.165) is 16.6 Å². The van der Waals surface area contributed by atoms with Crippen molar-refractivity contribution in [3.8, 4) is 0 Å². The number of nitrogens with zero attached hydrogens (tertiary/aromatic N) is 1. The fourth-order valence-corrected chi connectivity index (χ4v) is 2.84. The van der Waals surface area contributed by atoms with Crippen LogP contribution in [0.1, 0.15) is 17.4 Å². The summed E-state index contributed by atoms with van der Waals surface area (Å²) < 4.78 is 29.8. The number of rotatable bonds is 6. The Morgan fingerprint density at radius 3 is 2.55 bits per heavy atom. The van der Waals surface area contributed by atoms with E-state index >= 15 is 0 Å². The second-order valence-corrected chi connectivity index (χ2v) is 6.31. The summed E-state index contributed by atoms with van der Waals surface area (Å²) >= 11 is 0. The molecule has 8 nitrogen and oxygen atoms in total. The highest BCUT2D eigenvalue weighted by atomic mass is 32.2. The molecule has 20 heavy (non-hydrogen) atoms. The lowest BCUT2D eigenvalue weighted by Gasteiger charge is -2.19. The van der Waals surface area contributed by atoms with Crippen molar-refractivity contribution >= 4 is 22.0 Å². The summed E-state index contributed by atoms with van der Waals surface area (Å²) in [7, 11) is -1.33. The molecule has 9 heteroatoms. The molecular weight excluding hydrogens is 288 g/mol. The molecule has 0 saturated carbocycles. The highest BCUT2D eigenvalue weighted by Gasteiger charge is 2.26. The van der Waals surface area contributed by atoms with Crippen LogP contribution in [0.25, 0.3) is 0 Å². The Bertz CT molecular complexity index is 606. The molecule has 1 aromatic rings. The third-order valence-corrected chi connectivity index (χ3v) is 4.53. The van der Waals surface area contributed by atoms with Gasteiger partial charge in [-0.05, 0) is 6.07 Å². The first-order valence-electron chi connectivity index (χ1n) is 5.66. The number of carboxylic acid groups (broad SMARTS) is 1. The molecule has 0 bridgehead atoms. The van der Waals surface area contributed by atoms with Crippen molar-refractivity contribution in [2.75, 3.05) is 20.7 Å². The van der Waals surface area contributed by atoms with Crippen molar-refractivity contribution < 1.29 is 27.9 Å². The summed E-state index contributed by atoms with van der Waals surface area (Å²) in [6, 6.07) is 1.02. The first kappa shape index (κ1) is 16.2. The maximum absolute atomic E-state index is 12.2. The smallest absolute Gasteiger partial charge is 0.352 e. The van der Waals surface area contributed by atoms with Gasteiger partial charge in [0.2, 0.25) is 10.0 Å². The normalized spacial score (nSPS) is 13.2. The maximum atomic E-state index is 12.2. The number of methoxy groups -OCH3 is 1. The van der Waals surface area contributed by atoms with E-state index in [-0.39, 0.29) is 17.1 Å². The molecule has 0 aliphatic heterocycles. The zero-order chi connectivity index (χ0) is 15.5. The summed E-state index contributed by atoms with van der Waals surface area (Å²) in [5.41, 5.74) is -0.224. The van der Waals surface area contributed by atoms with Gasteiger partial charge in [0.05, 0.1) is 13.0 Å². The molecule has 1 heterocycles. The molecule has 0 amide bonds. The molecular formula is C11H16N2O6S. The number of hydrogen-bond acceptors (Lipinski definition) is 5. The van der Waals surface area contributed by atoms with Crippen LogP contribution in [0.2, 0.25) is 0 Å². The standard InChI is InChI=1S/C11H16N2O6S/c1-7(11(16)19-3)6-13(2)20(17,18)8-4-9(10(14)15)12-5-8/h4-5,7,12H,6H2,1-3H3,(H,14,15). The molecule has 0 fully saturated rings. The SMILES string of the molecule is COC(=O)C(C)CN(C)S(=O)(=O)c1c[nH]c(C(=O)O)c1. The number of sulfonamides is 1. The van der Waals surface area contributed by atoms with Crippen molar-refractivity contribution in [2.45, 2.75) is 11.8 Å². The van der Waals surface area contributed by atoms with Gasteiger partial charge >= 0.3 is 11.9 Å². The number of hydrogen-bond donors (Lipinski definition) is 2. The number of H-pyrrole nitrogens is 1. The first-order valence-corrected chi connectivity index (χ1v) is 7.10. The molecule has 112 valence electrons. The largest absolute Gasteiger partial charge is 0.477 e. The molecule has 1 unspecified atom stereocenters. The summed E-state index contributed by atoms with van der Waals surface area (Å²) in [6.45, 7) is 1.47. The Morgan fingerprint density at radius 1 is 1.50 bits per heavy atom. The maximum Gasteiger partial charge on any atom is 0.352 e. The Kier molecular flexibility index (Phi) is 4.90. The minimum Gasteiger partial charge on any atom is -0.477 e. The van der Waals surface area contributed by atoms with Gasteiger partial charge in [0.1, 0.15) is 10.6 Å². The first-order chi connectivity index (χ1) is 9.20. The monoisotopic (exact) mass is 304 g/mol. The number of carbonyl (C=O) groups is 2. The van der Waals surface area contributed by atoms with Crippen LogP contribution < -0.4 is 0 Å². The molecule has 1 aromatic heterocycles. The number of aromatic nitrogens is 1. The third-order valence-electron chi connectivity index (χ3n) is 2.73. The number of esters is 1. The Hall–Kier alpha value is -1.87. The van der Waals surface area contributed by atoms with E-state index in [4.69, 9.17) is 5.11 Å². The molecule has 0 aliphatic rings. The second-order valence-electron chi connectivity index (χ2n) is 4.26. The summed E-state index contributed by atoms with van der Waals surface area (Å²) in [5.74, 6) is -2.40. The number of carboxylic acids is 1. The molecule has 0 radical (unpaired) electrons. The van der Waals surface area contributed by atoms with E-state index in [1.807, 2.05) is 0 Å². The Labute approximate surface area is 116 Å². The molecule has 0 spiro atoms.